The molecule has 1 heterocycles. The molecule has 1 aromatic rings. The average Bonchev–Trinajstić information content (AvgIpc) is 3.52. The molecular weight excluding hydrogens is 486 g/mol. The third-order valence-electron chi connectivity index (χ3n) is 11.4. The molecule has 5 heteroatoms. The molecule has 1 N–H and O–H groups in total. The van der Waals surface area contributed by atoms with E-state index >= 15 is 0 Å². The molecule has 0 bridgehead atoms. The number of benzene rings is 1. The molecule has 1 aromatic carbocycles. The van der Waals surface area contributed by atoms with Gasteiger partial charge in [-0.2, -0.15) is 0 Å². The summed E-state index contributed by atoms with van der Waals surface area (Å²) in [5.41, 5.74) is 1.15. The van der Waals surface area contributed by atoms with E-state index in [1.807, 2.05) is 0 Å². The van der Waals surface area contributed by atoms with Crippen LogP contribution in [0.25, 0.3) is 0 Å². The van der Waals surface area contributed by atoms with Crippen molar-refractivity contribution in [2.24, 2.45) is 35.0 Å². The van der Waals surface area contributed by atoms with Gasteiger partial charge in [0.1, 0.15) is 11.5 Å². The molecule has 4 saturated carbocycles. The summed E-state index contributed by atoms with van der Waals surface area (Å²) >= 11 is 0. The van der Waals surface area contributed by atoms with Crippen LogP contribution in [0.2, 0.25) is 0 Å². The third kappa shape index (κ3) is 5.33. The summed E-state index contributed by atoms with van der Waals surface area (Å²) in [6.07, 6.45) is 13.3. The van der Waals surface area contributed by atoms with Gasteiger partial charge in [0.2, 0.25) is 0 Å². The topological polar surface area (TPSA) is 56.8 Å². The fourth-order valence-electron chi connectivity index (χ4n) is 9.83. The number of ketones is 1. The molecule has 5 nitrogen and oxygen atoms in total. The van der Waals surface area contributed by atoms with Crippen molar-refractivity contribution in [3.05, 3.63) is 29.8 Å². The number of nitrogens with one attached hydrogen (secondary N) is 1. The predicted molar refractivity (Wildman–Crippen MR) is 154 cm³/mol. The summed E-state index contributed by atoms with van der Waals surface area (Å²) < 4.78 is 18.6. The van der Waals surface area contributed by atoms with E-state index in [0.29, 0.717) is 36.3 Å². The zero-order valence-electron chi connectivity index (χ0n) is 24.6. The first kappa shape index (κ1) is 27.7. The van der Waals surface area contributed by atoms with Gasteiger partial charge >= 0.3 is 0 Å². The minimum Gasteiger partial charge on any atom is -0.494 e. The highest BCUT2D eigenvalue weighted by Gasteiger charge is 2.60. The second kappa shape index (κ2) is 11.4. The average molecular weight is 538 g/mol. The van der Waals surface area contributed by atoms with Crippen LogP contribution in [0.15, 0.2) is 24.3 Å². The molecule has 4 aliphatic carbocycles. The molecule has 0 aromatic heterocycles. The molecule has 5 aliphatic rings. The first-order valence-corrected chi connectivity index (χ1v) is 16.2. The molecule has 6 unspecified atom stereocenters. The maximum Gasteiger partial charge on any atom is 0.168 e. The zero-order valence-corrected chi connectivity index (χ0v) is 24.6. The second-order valence-electron chi connectivity index (χ2n) is 13.8. The van der Waals surface area contributed by atoms with Crippen molar-refractivity contribution in [3.63, 3.8) is 0 Å². The van der Waals surface area contributed by atoms with E-state index in [0.717, 1.165) is 88.1 Å². The number of hydrogen-bond donors (Lipinski definition) is 1. The predicted octanol–water partition coefficient (Wildman–Crippen LogP) is 7.24. The summed E-state index contributed by atoms with van der Waals surface area (Å²) in [5, 5.41) is 3.71. The lowest BCUT2D eigenvalue weighted by molar-refractivity contribution is -0.209. The van der Waals surface area contributed by atoms with Gasteiger partial charge in [0.25, 0.3) is 0 Å². The number of carbonyl (C=O) groups is 1. The zero-order chi connectivity index (χ0) is 27.0. The van der Waals surface area contributed by atoms with Gasteiger partial charge in [-0.3, -0.25) is 4.79 Å². The molecule has 39 heavy (non-hydrogen) atoms. The smallest absolute Gasteiger partial charge is 0.168 e. The van der Waals surface area contributed by atoms with Crippen LogP contribution < -0.4 is 10.1 Å². The normalized spacial score (nSPS) is 36.0. The van der Waals surface area contributed by atoms with Crippen LogP contribution in [0.4, 0.5) is 0 Å². The maximum atomic E-state index is 13.5. The van der Waals surface area contributed by atoms with Crippen LogP contribution in [0.3, 0.4) is 0 Å². The lowest BCUT2D eigenvalue weighted by atomic mass is 9.49. The monoisotopic (exact) mass is 537 g/mol. The van der Waals surface area contributed by atoms with Crippen LogP contribution in [-0.4, -0.2) is 37.4 Å². The quantitative estimate of drug-likeness (QED) is 0.360. The van der Waals surface area contributed by atoms with E-state index in [4.69, 9.17) is 14.2 Å². The highest BCUT2D eigenvalue weighted by Crippen LogP contribution is 2.63. The number of Topliss-reactive ketones (excluding diaryl/α,β-unsaturated/α-hetero) is 1. The van der Waals surface area contributed by atoms with Gasteiger partial charge in [-0.15, -0.1) is 0 Å². The highest BCUT2D eigenvalue weighted by molar-refractivity contribution is 5.87. The van der Waals surface area contributed by atoms with Crippen molar-refractivity contribution in [3.8, 4) is 5.75 Å². The fraction of sp³-hybridized carbons (Fsp3) is 0.794. The number of fused-ring (bicyclic) bond motifs is 5. The van der Waals surface area contributed by atoms with Crippen LogP contribution in [0, 0.1) is 35.0 Å². The fourth-order valence-corrected chi connectivity index (χ4v) is 9.83. The molecule has 6 rings (SSSR count). The molecular formula is C34H51NO4. The highest BCUT2D eigenvalue weighted by atomic mass is 16.7. The van der Waals surface area contributed by atoms with Crippen LogP contribution in [0.5, 0.6) is 5.75 Å². The Kier molecular flexibility index (Phi) is 8.14. The van der Waals surface area contributed by atoms with Crippen molar-refractivity contribution >= 4 is 5.78 Å². The van der Waals surface area contributed by atoms with Gasteiger partial charge in [-0.1, -0.05) is 39.3 Å². The van der Waals surface area contributed by atoms with Gasteiger partial charge in [0.05, 0.1) is 19.8 Å². The Morgan fingerprint density at radius 1 is 1.03 bits per heavy atom. The minimum absolute atomic E-state index is 0.150. The van der Waals surface area contributed by atoms with Crippen LogP contribution >= 0.6 is 0 Å². The summed E-state index contributed by atoms with van der Waals surface area (Å²) in [6.45, 7) is 8.83. The van der Waals surface area contributed by atoms with Gasteiger partial charge in [-0.05, 0) is 98.7 Å². The van der Waals surface area contributed by atoms with E-state index in [2.05, 4.69) is 50.4 Å². The molecule has 1 saturated heterocycles. The molecule has 5 fully saturated rings. The van der Waals surface area contributed by atoms with E-state index < -0.39 is 0 Å². The number of carbonyl (C=O) groups excluding carboxylic acids is 1. The van der Waals surface area contributed by atoms with E-state index in [1.165, 1.54) is 31.2 Å². The number of ether oxygens (including phenoxy) is 3. The van der Waals surface area contributed by atoms with Crippen molar-refractivity contribution in [1.29, 1.82) is 0 Å². The standard InChI is InChI=1S/C34H51NO4/c1-4-6-31(35-23(2)3)24-7-5-8-26(21-24)37-18-17-33-15-13-28-27-14-16-34(38-19-20-39-34)22-25(27)9-10-29(28)30(33)11-12-32(33)36/h5,7-8,21,23,25,27-31,35H,4,6,9-20,22H2,1-3H3/t25?,27?,28?,29?,30?,31?,33-/m1/s1. The van der Waals surface area contributed by atoms with Crippen LogP contribution in [0.1, 0.15) is 109 Å². The Balaban J connectivity index is 1.10. The van der Waals surface area contributed by atoms with E-state index in [9.17, 15) is 4.79 Å². The lowest BCUT2D eigenvalue weighted by Crippen LogP contribution is -2.52. The summed E-state index contributed by atoms with van der Waals surface area (Å²) in [5.74, 6) is 4.79. The first-order chi connectivity index (χ1) is 18.9. The van der Waals surface area contributed by atoms with E-state index in [1.54, 1.807) is 0 Å². The third-order valence-corrected chi connectivity index (χ3v) is 11.4. The molecule has 0 radical (unpaired) electrons. The van der Waals surface area contributed by atoms with Gasteiger partial charge in [0, 0.05) is 36.8 Å². The summed E-state index contributed by atoms with van der Waals surface area (Å²) in [7, 11) is 0. The summed E-state index contributed by atoms with van der Waals surface area (Å²) in [4.78, 5) is 13.5. The summed E-state index contributed by atoms with van der Waals surface area (Å²) in [6, 6.07) is 9.43. The lowest BCUT2D eigenvalue weighted by Gasteiger charge is -2.56. The minimum atomic E-state index is -0.272. The van der Waals surface area contributed by atoms with Crippen molar-refractivity contribution in [2.45, 2.75) is 116 Å². The largest absolute Gasteiger partial charge is 0.494 e. The van der Waals surface area contributed by atoms with E-state index in [-0.39, 0.29) is 11.2 Å². The molecule has 7 atom stereocenters. The van der Waals surface area contributed by atoms with Crippen LogP contribution in [-0.2, 0) is 14.3 Å². The Labute approximate surface area is 236 Å². The second-order valence-corrected chi connectivity index (χ2v) is 13.8. The Hall–Kier alpha value is -1.43. The maximum absolute atomic E-state index is 13.5. The van der Waals surface area contributed by atoms with Crippen molar-refractivity contribution in [2.75, 3.05) is 19.8 Å². The SMILES string of the molecule is CCCC(NC(C)C)c1cccc(OCC[C@]23CCC4C5CCC6(CC5CCC4C2CCC3=O)OCCO6)c1. The van der Waals surface area contributed by atoms with Gasteiger partial charge in [-0.25, -0.2) is 0 Å². The van der Waals surface area contributed by atoms with Gasteiger partial charge in [0.15, 0.2) is 5.79 Å². The molecule has 216 valence electrons. The molecule has 1 aliphatic heterocycles. The van der Waals surface area contributed by atoms with Crippen molar-refractivity contribution in [1.82, 2.24) is 5.32 Å². The Morgan fingerprint density at radius 3 is 2.64 bits per heavy atom. The number of rotatable bonds is 9. The number of hydrogen-bond acceptors (Lipinski definition) is 5. The molecule has 1 spiro atoms. The Morgan fingerprint density at radius 2 is 1.85 bits per heavy atom. The Bertz CT molecular complexity index is 1000. The molecule has 0 amide bonds. The van der Waals surface area contributed by atoms with Crippen molar-refractivity contribution < 1.29 is 19.0 Å². The first-order valence-electron chi connectivity index (χ1n) is 16.2. The van der Waals surface area contributed by atoms with Gasteiger partial charge < -0.3 is 19.5 Å².